The number of hydrogen-bond donors (Lipinski definition) is 0. The van der Waals surface area contributed by atoms with Gasteiger partial charge in [-0.3, -0.25) is 9.59 Å². The molecule has 7 heteroatoms. The molecule has 0 bridgehead atoms. The summed E-state index contributed by atoms with van der Waals surface area (Å²) in [4.78, 5) is 28.5. The fraction of sp³-hybridized carbons (Fsp3) is 0.273. The molecule has 150 valence electrons. The van der Waals surface area contributed by atoms with Gasteiger partial charge < -0.3 is 19.3 Å². The number of halogens is 1. The van der Waals surface area contributed by atoms with Crippen LogP contribution < -0.4 is 9.47 Å². The number of ether oxygens (including phenoxy) is 2. The van der Waals surface area contributed by atoms with Crippen LogP contribution in [0.3, 0.4) is 0 Å². The number of piperazine rings is 1. The summed E-state index contributed by atoms with van der Waals surface area (Å²) in [6.45, 7) is 1.95. The van der Waals surface area contributed by atoms with Gasteiger partial charge in [0, 0.05) is 32.3 Å². The molecule has 4 rings (SSSR count). The summed E-state index contributed by atoms with van der Waals surface area (Å²) < 4.78 is 24.3. The molecule has 1 saturated heterocycles. The number of nitrogens with zero attached hydrogens (tertiary/aromatic N) is 2. The van der Waals surface area contributed by atoms with Crippen molar-refractivity contribution in [3.63, 3.8) is 0 Å². The largest absolute Gasteiger partial charge is 0.485 e. The molecule has 6 nitrogen and oxygen atoms in total. The van der Waals surface area contributed by atoms with Crippen LogP contribution in [0.25, 0.3) is 6.08 Å². The summed E-state index contributed by atoms with van der Waals surface area (Å²) in [7, 11) is 0. The highest BCUT2D eigenvalue weighted by Crippen LogP contribution is 2.31. The van der Waals surface area contributed by atoms with Crippen molar-refractivity contribution in [2.75, 3.05) is 32.8 Å². The minimum atomic E-state index is -0.675. The predicted octanol–water partition coefficient (Wildman–Crippen LogP) is 2.35. The van der Waals surface area contributed by atoms with Crippen molar-refractivity contribution < 1.29 is 23.5 Å². The van der Waals surface area contributed by atoms with E-state index >= 15 is 0 Å². The first-order chi connectivity index (χ1) is 14.1. The predicted molar refractivity (Wildman–Crippen MR) is 105 cm³/mol. The van der Waals surface area contributed by atoms with Crippen molar-refractivity contribution in [1.82, 2.24) is 9.80 Å². The molecule has 1 unspecified atom stereocenters. The van der Waals surface area contributed by atoms with Gasteiger partial charge in [0.05, 0.1) is 0 Å². The first-order valence-electron chi connectivity index (χ1n) is 9.50. The Labute approximate surface area is 168 Å². The van der Waals surface area contributed by atoms with E-state index in [1.807, 2.05) is 12.1 Å². The smallest absolute Gasteiger partial charge is 0.267 e. The monoisotopic (exact) mass is 396 g/mol. The van der Waals surface area contributed by atoms with E-state index in [9.17, 15) is 14.0 Å². The minimum absolute atomic E-state index is 0.131. The molecule has 2 aromatic carbocycles. The lowest BCUT2D eigenvalue weighted by molar-refractivity contribution is -0.145. The molecule has 2 aromatic rings. The molecule has 1 fully saturated rings. The van der Waals surface area contributed by atoms with E-state index < -0.39 is 6.10 Å². The number of rotatable bonds is 3. The van der Waals surface area contributed by atoms with Gasteiger partial charge in [0.25, 0.3) is 5.91 Å². The topological polar surface area (TPSA) is 59.1 Å². The van der Waals surface area contributed by atoms with Crippen LogP contribution in [0.4, 0.5) is 4.39 Å². The molecule has 2 heterocycles. The summed E-state index contributed by atoms with van der Waals surface area (Å²) in [5.74, 6) is 0.628. The lowest BCUT2D eigenvalue weighted by atomic mass is 10.2. The maximum absolute atomic E-state index is 12.9. The van der Waals surface area contributed by atoms with E-state index in [2.05, 4.69) is 0 Å². The third-order valence-corrected chi connectivity index (χ3v) is 4.98. The van der Waals surface area contributed by atoms with Crippen LogP contribution in [0.15, 0.2) is 54.6 Å². The molecular formula is C22H21FN2O4. The van der Waals surface area contributed by atoms with Gasteiger partial charge in [-0.25, -0.2) is 4.39 Å². The van der Waals surface area contributed by atoms with Crippen LogP contribution in [0.2, 0.25) is 0 Å². The number of fused-ring (bicyclic) bond motifs is 1. The Kier molecular flexibility index (Phi) is 5.46. The second-order valence-corrected chi connectivity index (χ2v) is 6.90. The number of carbonyl (C=O) groups is 2. The molecule has 0 spiro atoms. The SMILES string of the molecule is O=C(/C=C/c1ccc(F)cc1)N1CCN(C(=O)C2COc3ccccc3O2)CC1. The van der Waals surface area contributed by atoms with Gasteiger partial charge >= 0.3 is 0 Å². The molecule has 1 atom stereocenters. The van der Waals surface area contributed by atoms with Crippen molar-refractivity contribution >= 4 is 17.9 Å². The highest BCUT2D eigenvalue weighted by Gasteiger charge is 2.33. The number of hydrogen-bond acceptors (Lipinski definition) is 4. The minimum Gasteiger partial charge on any atom is -0.485 e. The van der Waals surface area contributed by atoms with Crippen LogP contribution in [0, 0.1) is 5.82 Å². The molecule has 0 radical (unpaired) electrons. The second-order valence-electron chi connectivity index (χ2n) is 6.90. The summed E-state index contributed by atoms with van der Waals surface area (Å²) in [6, 6.07) is 13.2. The van der Waals surface area contributed by atoms with Crippen LogP contribution in [-0.2, 0) is 9.59 Å². The zero-order valence-corrected chi connectivity index (χ0v) is 15.8. The Morgan fingerprint density at radius 1 is 0.931 bits per heavy atom. The maximum Gasteiger partial charge on any atom is 0.267 e. The lowest BCUT2D eigenvalue weighted by Crippen LogP contribution is -2.54. The molecule has 0 aliphatic carbocycles. The highest BCUT2D eigenvalue weighted by molar-refractivity contribution is 5.92. The molecular weight excluding hydrogens is 375 g/mol. The Hall–Kier alpha value is -3.35. The van der Waals surface area contributed by atoms with E-state index in [1.54, 1.807) is 40.1 Å². The number of carbonyl (C=O) groups excluding carboxylic acids is 2. The molecule has 2 aliphatic rings. The van der Waals surface area contributed by atoms with Gasteiger partial charge in [-0.2, -0.15) is 0 Å². The lowest BCUT2D eigenvalue weighted by Gasteiger charge is -2.36. The second kappa shape index (κ2) is 8.34. The Bertz CT molecular complexity index is 921. The van der Waals surface area contributed by atoms with E-state index in [0.29, 0.717) is 37.7 Å². The molecule has 29 heavy (non-hydrogen) atoms. The van der Waals surface area contributed by atoms with Crippen molar-refractivity contribution in [1.29, 1.82) is 0 Å². The third-order valence-electron chi connectivity index (χ3n) is 4.98. The van der Waals surface area contributed by atoms with Crippen molar-refractivity contribution in [3.8, 4) is 11.5 Å². The molecule has 2 amide bonds. The van der Waals surface area contributed by atoms with Gasteiger partial charge in [0.1, 0.15) is 12.4 Å². The summed E-state index contributed by atoms with van der Waals surface area (Å²) in [5, 5.41) is 0. The van der Waals surface area contributed by atoms with Crippen LogP contribution in [0.5, 0.6) is 11.5 Å². The quantitative estimate of drug-likeness (QED) is 0.748. The normalized spacial score (nSPS) is 18.7. The molecule has 0 N–H and O–H groups in total. The van der Waals surface area contributed by atoms with E-state index in [0.717, 1.165) is 5.56 Å². The summed E-state index contributed by atoms with van der Waals surface area (Å²) >= 11 is 0. The first-order valence-corrected chi connectivity index (χ1v) is 9.50. The van der Waals surface area contributed by atoms with Crippen molar-refractivity contribution in [2.45, 2.75) is 6.10 Å². The summed E-state index contributed by atoms with van der Waals surface area (Å²) in [5.41, 5.74) is 0.753. The van der Waals surface area contributed by atoms with Gasteiger partial charge in [0.15, 0.2) is 11.5 Å². The number of para-hydroxylation sites is 2. The fourth-order valence-electron chi connectivity index (χ4n) is 3.34. The molecule has 2 aliphatic heterocycles. The van der Waals surface area contributed by atoms with Gasteiger partial charge in [-0.1, -0.05) is 24.3 Å². The molecule has 0 aromatic heterocycles. The number of amides is 2. The Balaban J connectivity index is 1.29. The highest BCUT2D eigenvalue weighted by atomic mass is 19.1. The Morgan fingerprint density at radius 2 is 1.59 bits per heavy atom. The zero-order valence-electron chi connectivity index (χ0n) is 15.8. The van der Waals surface area contributed by atoms with E-state index in [1.165, 1.54) is 18.2 Å². The van der Waals surface area contributed by atoms with Crippen LogP contribution >= 0.6 is 0 Å². The average Bonchev–Trinajstić information content (AvgIpc) is 2.78. The summed E-state index contributed by atoms with van der Waals surface area (Å²) in [6.07, 6.45) is 2.45. The van der Waals surface area contributed by atoms with Crippen molar-refractivity contribution in [2.24, 2.45) is 0 Å². The first kappa shape index (κ1) is 19.0. The van der Waals surface area contributed by atoms with Crippen LogP contribution in [-0.4, -0.2) is 60.5 Å². The third kappa shape index (κ3) is 4.39. The van der Waals surface area contributed by atoms with Crippen LogP contribution in [0.1, 0.15) is 5.56 Å². The van der Waals surface area contributed by atoms with E-state index in [4.69, 9.17) is 9.47 Å². The van der Waals surface area contributed by atoms with Gasteiger partial charge in [-0.15, -0.1) is 0 Å². The fourth-order valence-corrected chi connectivity index (χ4v) is 3.34. The zero-order chi connectivity index (χ0) is 20.2. The molecule has 0 saturated carbocycles. The average molecular weight is 396 g/mol. The Morgan fingerprint density at radius 3 is 2.31 bits per heavy atom. The number of benzene rings is 2. The van der Waals surface area contributed by atoms with E-state index in [-0.39, 0.29) is 24.2 Å². The van der Waals surface area contributed by atoms with Gasteiger partial charge in [0.2, 0.25) is 12.0 Å². The van der Waals surface area contributed by atoms with Crippen molar-refractivity contribution in [3.05, 3.63) is 66.0 Å². The maximum atomic E-state index is 12.9. The van der Waals surface area contributed by atoms with Gasteiger partial charge in [-0.05, 0) is 35.9 Å². The standard InChI is InChI=1S/C22H21FN2O4/c23-17-8-5-16(6-9-17)7-10-21(26)24-11-13-25(14-12-24)22(27)20-15-28-18-3-1-2-4-19(18)29-20/h1-10,20H,11-15H2/b10-7+.